The summed E-state index contributed by atoms with van der Waals surface area (Å²) in [6.45, 7) is 6.56. The lowest BCUT2D eigenvalue weighted by Crippen LogP contribution is -2.27. The van der Waals surface area contributed by atoms with Crippen LogP contribution >= 0.6 is 0 Å². The monoisotopic (exact) mass is 346 g/mol. The zero-order valence-corrected chi connectivity index (χ0v) is 16.7. The zero-order valence-electron chi connectivity index (χ0n) is 16.7. The van der Waals surface area contributed by atoms with Gasteiger partial charge >= 0.3 is 0 Å². The van der Waals surface area contributed by atoms with E-state index in [0.717, 1.165) is 19.6 Å². The van der Waals surface area contributed by atoms with Gasteiger partial charge in [0.25, 0.3) is 0 Å². The Morgan fingerprint density at radius 1 is 0.560 bits per heavy atom. The first-order chi connectivity index (χ1) is 12.4. The largest absolute Gasteiger partial charge is 0.315 e. The SMILES string of the molecule is CCCCCCCCCCCCCCNCCNCc1ccccc1. The Kier molecular flexibility index (Phi) is 15.9. The molecule has 1 aromatic carbocycles. The molecule has 0 aliphatic heterocycles. The molecule has 0 unspecified atom stereocenters. The molecule has 25 heavy (non-hydrogen) atoms. The fourth-order valence-corrected chi connectivity index (χ4v) is 3.22. The molecule has 0 saturated carbocycles. The van der Waals surface area contributed by atoms with Crippen molar-refractivity contribution in [2.24, 2.45) is 0 Å². The molecule has 0 spiro atoms. The quantitative estimate of drug-likeness (QED) is 0.315. The molecule has 0 fully saturated rings. The third-order valence-corrected chi connectivity index (χ3v) is 4.86. The maximum atomic E-state index is 3.54. The summed E-state index contributed by atoms with van der Waals surface area (Å²) < 4.78 is 0. The molecule has 0 aromatic heterocycles. The van der Waals surface area contributed by atoms with Crippen molar-refractivity contribution in [2.75, 3.05) is 19.6 Å². The lowest BCUT2D eigenvalue weighted by Gasteiger charge is -2.07. The normalized spacial score (nSPS) is 11.1. The summed E-state index contributed by atoms with van der Waals surface area (Å²) in [5, 5.41) is 7.03. The highest BCUT2D eigenvalue weighted by Gasteiger charge is 1.94. The molecule has 1 rings (SSSR count). The molecule has 0 heterocycles. The average molecular weight is 347 g/mol. The molecule has 1 aromatic rings. The van der Waals surface area contributed by atoms with Crippen molar-refractivity contribution < 1.29 is 0 Å². The van der Waals surface area contributed by atoms with Crippen LogP contribution in [-0.2, 0) is 6.54 Å². The average Bonchev–Trinajstić information content (AvgIpc) is 2.65. The molecule has 0 bridgehead atoms. The minimum Gasteiger partial charge on any atom is -0.315 e. The van der Waals surface area contributed by atoms with Crippen molar-refractivity contribution in [3.05, 3.63) is 35.9 Å². The van der Waals surface area contributed by atoms with Crippen molar-refractivity contribution in [2.45, 2.75) is 90.5 Å². The van der Waals surface area contributed by atoms with Gasteiger partial charge in [-0.25, -0.2) is 0 Å². The van der Waals surface area contributed by atoms with Crippen LogP contribution in [-0.4, -0.2) is 19.6 Å². The topological polar surface area (TPSA) is 24.1 Å². The van der Waals surface area contributed by atoms with E-state index in [1.165, 1.54) is 89.2 Å². The van der Waals surface area contributed by atoms with Gasteiger partial charge < -0.3 is 10.6 Å². The lowest BCUT2D eigenvalue weighted by atomic mass is 10.1. The summed E-state index contributed by atoms with van der Waals surface area (Å²) in [4.78, 5) is 0. The molecule has 0 radical (unpaired) electrons. The minimum atomic E-state index is 0.973. The number of unbranched alkanes of at least 4 members (excludes halogenated alkanes) is 11. The Bertz CT molecular complexity index is 364. The van der Waals surface area contributed by atoms with Crippen LogP contribution in [0.5, 0.6) is 0 Å². The van der Waals surface area contributed by atoms with Crippen LogP contribution in [0, 0.1) is 0 Å². The molecule has 2 heteroatoms. The second-order valence-electron chi connectivity index (χ2n) is 7.30. The van der Waals surface area contributed by atoms with Crippen molar-refractivity contribution in [1.82, 2.24) is 10.6 Å². The van der Waals surface area contributed by atoms with Crippen LogP contribution in [0.25, 0.3) is 0 Å². The molecule has 0 amide bonds. The molecule has 2 N–H and O–H groups in total. The molecule has 0 aliphatic rings. The van der Waals surface area contributed by atoms with Gasteiger partial charge in [-0.3, -0.25) is 0 Å². The lowest BCUT2D eigenvalue weighted by molar-refractivity contribution is 0.532. The van der Waals surface area contributed by atoms with Gasteiger partial charge in [-0.05, 0) is 18.5 Å². The van der Waals surface area contributed by atoms with Crippen LogP contribution in [0.2, 0.25) is 0 Å². The molecular formula is C23H42N2. The van der Waals surface area contributed by atoms with E-state index in [1.807, 2.05) is 0 Å². The third-order valence-electron chi connectivity index (χ3n) is 4.86. The predicted molar refractivity (Wildman–Crippen MR) is 112 cm³/mol. The van der Waals surface area contributed by atoms with Crippen LogP contribution in [0.3, 0.4) is 0 Å². The van der Waals surface area contributed by atoms with Crippen LogP contribution in [0.15, 0.2) is 30.3 Å². The Morgan fingerprint density at radius 3 is 1.68 bits per heavy atom. The van der Waals surface area contributed by atoms with E-state index in [9.17, 15) is 0 Å². The highest BCUT2D eigenvalue weighted by atomic mass is 14.9. The maximum Gasteiger partial charge on any atom is 0.0206 e. The summed E-state index contributed by atoms with van der Waals surface area (Å²) in [7, 11) is 0. The Hall–Kier alpha value is -0.860. The van der Waals surface area contributed by atoms with E-state index in [0.29, 0.717) is 0 Å². The van der Waals surface area contributed by atoms with E-state index >= 15 is 0 Å². The van der Waals surface area contributed by atoms with Gasteiger partial charge in [0, 0.05) is 19.6 Å². The molecule has 0 aliphatic carbocycles. The Morgan fingerprint density at radius 2 is 1.08 bits per heavy atom. The summed E-state index contributed by atoms with van der Waals surface area (Å²) in [5.41, 5.74) is 1.36. The van der Waals surface area contributed by atoms with Gasteiger partial charge in [0.05, 0.1) is 0 Å². The maximum absolute atomic E-state index is 3.54. The van der Waals surface area contributed by atoms with E-state index in [-0.39, 0.29) is 0 Å². The Balaban J connectivity index is 1.69. The highest BCUT2D eigenvalue weighted by Crippen LogP contribution is 2.11. The number of hydrogen-bond acceptors (Lipinski definition) is 2. The first-order valence-corrected chi connectivity index (χ1v) is 10.9. The molecule has 0 saturated heterocycles. The summed E-state index contributed by atoms with van der Waals surface area (Å²) in [5.74, 6) is 0. The van der Waals surface area contributed by atoms with Crippen molar-refractivity contribution >= 4 is 0 Å². The fraction of sp³-hybridized carbons (Fsp3) is 0.739. The van der Waals surface area contributed by atoms with E-state index in [4.69, 9.17) is 0 Å². The third kappa shape index (κ3) is 15.1. The van der Waals surface area contributed by atoms with Gasteiger partial charge in [-0.15, -0.1) is 0 Å². The van der Waals surface area contributed by atoms with E-state index in [2.05, 4.69) is 47.9 Å². The first-order valence-electron chi connectivity index (χ1n) is 10.9. The van der Waals surface area contributed by atoms with Gasteiger partial charge in [0.15, 0.2) is 0 Å². The second kappa shape index (κ2) is 17.9. The zero-order chi connectivity index (χ0) is 17.8. The fourth-order valence-electron chi connectivity index (χ4n) is 3.22. The van der Waals surface area contributed by atoms with Gasteiger partial charge in [0.2, 0.25) is 0 Å². The predicted octanol–water partition coefficient (Wildman–Crippen LogP) is 6.07. The number of nitrogens with one attached hydrogen (secondary N) is 2. The number of benzene rings is 1. The van der Waals surface area contributed by atoms with Crippen LogP contribution in [0.1, 0.15) is 89.5 Å². The minimum absolute atomic E-state index is 0.973. The van der Waals surface area contributed by atoms with Gasteiger partial charge in [0.1, 0.15) is 0 Å². The molecule has 0 atom stereocenters. The summed E-state index contributed by atoms with van der Waals surface area (Å²) >= 11 is 0. The van der Waals surface area contributed by atoms with Gasteiger partial charge in [-0.2, -0.15) is 0 Å². The summed E-state index contributed by atoms with van der Waals surface area (Å²) in [6, 6.07) is 10.6. The second-order valence-corrected chi connectivity index (χ2v) is 7.30. The smallest absolute Gasteiger partial charge is 0.0206 e. The molecular weight excluding hydrogens is 304 g/mol. The van der Waals surface area contributed by atoms with E-state index < -0.39 is 0 Å². The van der Waals surface area contributed by atoms with Crippen molar-refractivity contribution in [1.29, 1.82) is 0 Å². The van der Waals surface area contributed by atoms with E-state index in [1.54, 1.807) is 0 Å². The molecule has 144 valence electrons. The van der Waals surface area contributed by atoms with Crippen molar-refractivity contribution in [3.63, 3.8) is 0 Å². The van der Waals surface area contributed by atoms with Crippen LogP contribution < -0.4 is 10.6 Å². The van der Waals surface area contributed by atoms with Crippen LogP contribution in [0.4, 0.5) is 0 Å². The standard InChI is InChI=1S/C23H42N2/c1-2-3-4-5-6-7-8-9-10-11-12-16-19-24-20-21-25-22-23-17-14-13-15-18-23/h13-15,17-18,24-25H,2-12,16,19-22H2,1H3. The number of rotatable bonds is 18. The van der Waals surface area contributed by atoms with Gasteiger partial charge in [-0.1, -0.05) is 108 Å². The first kappa shape index (κ1) is 22.2. The number of hydrogen-bond donors (Lipinski definition) is 2. The highest BCUT2D eigenvalue weighted by molar-refractivity contribution is 5.14. The summed E-state index contributed by atoms with van der Waals surface area (Å²) in [6.07, 6.45) is 17.1. The van der Waals surface area contributed by atoms with Crippen molar-refractivity contribution in [3.8, 4) is 0 Å². The Labute approximate surface area is 157 Å². The molecule has 2 nitrogen and oxygen atoms in total.